The van der Waals surface area contributed by atoms with E-state index < -0.39 is 0 Å². The number of aromatic nitrogens is 3. The molecule has 3 heterocycles. The lowest BCUT2D eigenvalue weighted by Gasteiger charge is -2.34. The second-order valence-corrected chi connectivity index (χ2v) is 5.21. The molecule has 1 aliphatic rings. The summed E-state index contributed by atoms with van der Waals surface area (Å²) in [5, 5.41) is 4.05. The van der Waals surface area contributed by atoms with E-state index in [-0.39, 0.29) is 0 Å². The zero-order valence-electron chi connectivity index (χ0n) is 11.9. The lowest BCUT2D eigenvalue weighted by Crippen LogP contribution is -2.46. The molecule has 0 aromatic carbocycles. The molecule has 0 radical (unpaired) electrons. The Labute approximate surface area is 118 Å². The number of anilines is 1. The van der Waals surface area contributed by atoms with Crippen molar-refractivity contribution in [3.63, 3.8) is 0 Å². The molecular formula is C14H19N5O. The van der Waals surface area contributed by atoms with Gasteiger partial charge in [-0.15, -0.1) is 0 Å². The van der Waals surface area contributed by atoms with Gasteiger partial charge in [-0.25, -0.2) is 9.97 Å². The average molecular weight is 273 g/mol. The van der Waals surface area contributed by atoms with Gasteiger partial charge in [-0.3, -0.25) is 4.90 Å². The molecule has 0 spiro atoms. The Bertz CT molecular complexity index is 574. The van der Waals surface area contributed by atoms with E-state index in [0.29, 0.717) is 0 Å². The van der Waals surface area contributed by atoms with Crippen molar-refractivity contribution in [1.82, 2.24) is 20.0 Å². The van der Waals surface area contributed by atoms with Crippen LogP contribution < -0.4 is 4.90 Å². The van der Waals surface area contributed by atoms with E-state index in [1.54, 1.807) is 6.33 Å². The number of aryl methyl sites for hydroxylation is 2. The third-order valence-electron chi connectivity index (χ3n) is 3.55. The minimum Gasteiger partial charge on any atom is -0.361 e. The summed E-state index contributed by atoms with van der Waals surface area (Å²) in [4.78, 5) is 13.2. The number of hydrogen-bond donors (Lipinski definition) is 0. The van der Waals surface area contributed by atoms with E-state index in [9.17, 15) is 0 Å². The van der Waals surface area contributed by atoms with Gasteiger partial charge in [-0.05, 0) is 13.8 Å². The Hall–Kier alpha value is -1.95. The molecule has 2 aromatic rings. The molecule has 0 saturated carbocycles. The van der Waals surface area contributed by atoms with E-state index in [1.807, 2.05) is 26.0 Å². The molecule has 0 N–H and O–H groups in total. The van der Waals surface area contributed by atoms with Gasteiger partial charge in [0, 0.05) is 50.6 Å². The monoisotopic (exact) mass is 273 g/mol. The van der Waals surface area contributed by atoms with Crippen LogP contribution in [0.4, 0.5) is 5.82 Å². The first-order valence-electron chi connectivity index (χ1n) is 6.89. The van der Waals surface area contributed by atoms with Crippen LogP contribution in [0.25, 0.3) is 0 Å². The second kappa shape index (κ2) is 5.58. The summed E-state index contributed by atoms with van der Waals surface area (Å²) >= 11 is 0. The van der Waals surface area contributed by atoms with Crippen LogP contribution >= 0.6 is 0 Å². The zero-order chi connectivity index (χ0) is 13.9. The molecule has 2 aromatic heterocycles. The molecule has 20 heavy (non-hydrogen) atoms. The Balaban J connectivity index is 1.57. The van der Waals surface area contributed by atoms with Gasteiger partial charge < -0.3 is 9.42 Å². The van der Waals surface area contributed by atoms with Gasteiger partial charge in [-0.1, -0.05) is 5.16 Å². The van der Waals surface area contributed by atoms with Crippen molar-refractivity contribution < 1.29 is 4.52 Å². The van der Waals surface area contributed by atoms with E-state index in [2.05, 4.69) is 24.9 Å². The maximum absolute atomic E-state index is 5.11. The van der Waals surface area contributed by atoms with E-state index >= 15 is 0 Å². The smallest absolute Gasteiger partial charge is 0.133 e. The first-order valence-corrected chi connectivity index (χ1v) is 6.89. The summed E-state index contributed by atoms with van der Waals surface area (Å²) < 4.78 is 5.11. The van der Waals surface area contributed by atoms with Crippen molar-refractivity contribution in [3.05, 3.63) is 35.6 Å². The molecule has 3 rings (SSSR count). The zero-order valence-corrected chi connectivity index (χ0v) is 11.9. The maximum atomic E-state index is 5.11. The molecule has 1 fully saturated rings. The fraction of sp³-hybridized carbons (Fsp3) is 0.500. The largest absolute Gasteiger partial charge is 0.361 e. The summed E-state index contributed by atoms with van der Waals surface area (Å²) in [5.74, 6) is 1.89. The van der Waals surface area contributed by atoms with Gasteiger partial charge in [0.25, 0.3) is 0 Å². The van der Waals surface area contributed by atoms with Crippen molar-refractivity contribution in [2.75, 3.05) is 31.1 Å². The molecule has 1 saturated heterocycles. The minimum atomic E-state index is 0.855. The number of rotatable bonds is 3. The SMILES string of the molecule is Cc1cc(N2CCN(Cc3cc(C)on3)CC2)ncn1. The molecule has 0 unspecified atom stereocenters. The van der Waals surface area contributed by atoms with Crippen LogP contribution in [0, 0.1) is 13.8 Å². The predicted molar refractivity (Wildman–Crippen MR) is 75.5 cm³/mol. The van der Waals surface area contributed by atoms with Crippen molar-refractivity contribution in [3.8, 4) is 0 Å². The van der Waals surface area contributed by atoms with E-state index in [4.69, 9.17) is 4.52 Å². The maximum Gasteiger partial charge on any atom is 0.133 e. The fourth-order valence-electron chi connectivity index (χ4n) is 2.47. The third-order valence-corrected chi connectivity index (χ3v) is 3.55. The Kier molecular flexibility index (Phi) is 3.64. The Morgan fingerprint density at radius 2 is 1.90 bits per heavy atom. The van der Waals surface area contributed by atoms with Crippen LogP contribution in [0.2, 0.25) is 0 Å². The van der Waals surface area contributed by atoms with Gasteiger partial charge in [0.1, 0.15) is 17.9 Å². The predicted octanol–water partition coefficient (Wildman–Crippen LogP) is 1.40. The topological polar surface area (TPSA) is 58.3 Å². The molecule has 0 bridgehead atoms. The van der Waals surface area contributed by atoms with Crippen LogP contribution in [0.5, 0.6) is 0 Å². The van der Waals surface area contributed by atoms with Crippen molar-refractivity contribution in [2.45, 2.75) is 20.4 Å². The molecule has 6 nitrogen and oxygen atoms in total. The lowest BCUT2D eigenvalue weighted by atomic mass is 10.2. The second-order valence-electron chi connectivity index (χ2n) is 5.21. The number of piperazine rings is 1. The molecule has 6 heteroatoms. The molecular weight excluding hydrogens is 254 g/mol. The fourth-order valence-corrected chi connectivity index (χ4v) is 2.47. The quantitative estimate of drug-likeness (QED) is 0.842. The average Bonchev–Trinajstić information content (AvgIpc) is 2.85. The Morgan fingerprint density at radius 1 is 1.10 bits per heavy atom. The van der Waals surface area contributed by atoms with E-state index in [1.165, 1.54) is 0 Å². The van der Waals surface area contributed by atoms with Gasteiger partial charge >= 0.3 is 0 Å². The highest BCUT2D eigenvalue weighted by atomic mass is 16.5. The summed E-state index contributed by atoms with van der Waals surface area (Å²) in [6, 6.07) is 4.04. The first kappa shape index (κ1) is 13.1. The molecule has 1 aliphatic heterocycles. The van der Waals surface area contributed by atoms with Gasteiger partial charge in [-0.2, -0.15) is 0 Å². The van der Waals surface area contributed by atoms with Crippen LogP contribution in [-0.2, 0) is 6.54 Å². The summed E-state index contributed by atoms with van der Waals surface area (Å²) in [5.41, 5.74) is 2.02. The van der Waals surface area contributed by atoms with Crippen LogP contribution in [0.3, 0.4) is 0 Å². The Morgan fingerprint density at radius 3 is 2.55 bits per heavy atom. The molecule has 0 aliphatic carbocycles. The number of hydrogen-bond acceptors (Lipinski definition) is 6. The van der Waals surface area contributed by atoms with Crippen LogP contribution in [-0.4, -0.2) is 46.2 Å². The van der Waals surface area contributed by atoms with Gasteiger partial charge in [0.05, 0.1) is 5.69 Å². The molecule has 0 amide bonds. The standard InChI is InChI=1S/C14H19N5O/c1-11-7-14(16-10-15-11)19-5-3-18(4-6-19)9-13-8-12(2)20-17-13/h7-8,10H,3-6,9H2,1-2H3. The first-order chi connectivity index (χ1) is 9.70. The highest BCUT2D eigenvalue weighted by Gasteiger charge is 2.19. The third kappa shape index (κ3) is 2.96. The van der Waals surface area contributed by atoms with Crippen LogP contribution in [0.15, 0.2) is 23.0 Å². The molecule has 106 valence electrons. The van der Waals surface area contributed by atoms with Crippen molar-refractivity contribution >= 4 is 5.82 Å². The van der Waals surface area contributed by atoms with Crippen LogP contribution in [0.1, 0.15) is 17.1 Å². The van der Waals surface area contributed by atoms with Crippen molar-refractivity contribution in [1.29, 1.82) is 0 Å². The van der Waals surface area contributed by atoms with Gasteiger partial charge in [0.15, 0.2) is 0 Å². The highest BCUT2D eigenvalue weighted by Crippen LogP contribution is 2.15. The normalized spacial score (nSPS) is 16.6. The highest BCUT2D eigenvalue weighted by molar-refractivity contribution is 5.39. The lowest BCUT2D eigenvalue weighted by molar-refractivity contribution is 0.241. The summed E-state index contributed by atoms with van der Waals surface area (Å²) in [7, 11) is 0. The number of nitrogens with zero attached hydrogens (tertiary/aromatic N) is 5. The minimum absolute atomic E-state index is 0.855. The van der Waals surface area contributed by atoms with E-state index in [0.717, 1.165) is 55.7 Å². The molecule has 0 atom stereocenters. The van der Waals surface area contributed by atoms with Crippen molar-refractivity contribution in [2.24, 2.45) is 0 Å². The summed E-state index contributed by atoms with van der Waals surface area (Å²) in [6.07, 6.45) is 1.63. The summed E-state index contributed by atoms with van der Waals surface area (Å²) in [6.45, 7) is 8.75. The van der Waals surface area contributed by atoms with Gasteiger partial charge in [0.2, 0.25) is 0 Å².